The van der Waals surface area contributed by atoms with Crippen LogP contribution in [0.2, 0.25) is 0 Å². The van der Waals surface area contributed by atoms with Crippen LogP contribution in [0.5, 0.6) is 0 Å². The summed E-state index contributed by atoms with van der Waals surface area (Å²) < 4.78 is 6.89. The summed E-state index contributed by atoms with van der Waals surface area (Å²) in [5.74, 6) is 0.781. The third kappa shape index (κ3) is 4.57. The first kappa shape index (κ1) is 17.0. The van der Waals surface area contributed by atoms with Gasteiger partial charge in [-0.25, -0.2) is 9.78 Å². The molecule has 3 aromatic rings. The van der Waals surface area contributed by atoms with Crippen molar-refractivity contribution in [2.24, 2.45) is 0 Å². The number of carbonyl (C=O) groups is 1. The molecule has 2 aromatic carbocycles. The maximum Gasteiger partial charge on any atom is 0.337 e. The average molecular weight is 334 g/mol. The minimum atomic E-state index is -0.309. The second kappa shape index (κ2) is 8.29. The molecule has 0 saturated carbocycles. The highest BCUT2D eigenvalue weighted by Gasteiger charge is 2.07. The monoisotopic (exact) mass is 334 g/mol. The van der Waals surface area contributed by atoms with Gasteiger partial charge in [-0.2, -0.15) is 0 Å². The first-order valence-corrected chi connectivity index (χ1v) is 8.47. The van der Waals surface area contributed by atoms with Crippen molar-refractivity contribution in [1.29, 1.82) is 0 Å². The lowest BCUT2D eigenvalue weighted by Crippen LogP contribution is -2.06. The lowest BCUT2D eigenvalue weighted by molar-refractivity contribution is 0.0600. The number of rotatable bonds is 7. The minimum Gasteiger partial charge on any atom is -0.465 e. The van der Waals surface area contributed by atoms with E-state index in [-0.39, 0.29) is 5.97 Å². The van der Waals surface area contributed by atoms with Crippen LogP contribution in [-0.4, -0.2) is 22.6 Å². The molecule has 0 bridgehead atoms. The zero-order valence-corrected chi connectivity index (χ0v) is 14.4. The van der Waals surface area contributed by atoms with Crippen molar-refractivity contribution in [3.63, 3.8) is 0 Å². The zero-order valence-electron chi connectivity index (χ0n) is 14.4. The molecule has 0 radical (unpaired) electrons. The van der Waals surface area contributed by atoms with Gasteiger partial charge in [0.05, 0.1) is 12.7 Å². The molecule has 4 heteroatoms. The van der Waals surface area contributed by atoms with Gasteiger partial charge in [0, 0.05) is 25.4 Å². The van der Waals surface area contributed by atoms with Crippen molar-refractivity contribution < 1.29 is 9.53 Å². The number of hydrogen-bond donors (Lipinski definition) is 0. The second-order valence-corrected chi connectivity index (χ2v) is 6.00. The number of aromatic nitrogens is 2. The number of imidazole rings is 1. The standard InChI is InChI=1S/C21H22N2O2/c1-25-21(24)19-12-10-18(11-13-19)16-23-15-14-22-20(23)9-5-8-17-6-3-2-4-7-17/h2-4,6-7,10-15H,5,8-9,16H2,1H3. The summed E-state index contributed by atoms with van der Waals surface area (Å²) in [6.07, 6.45) is 6.93. The van der Waals surface area contributed by atoms with E-state index in [4.69, 9.17) is 4.74 Å². The van der Waals surface area contributed by atoms with Crippen LogP contribution in [-0.2, 0) is 24.1 Å². The van der Waals surface area contributed by atoms with Crippen LogP contribution in [0.1, 0.15) is 33.7 Å². The van der Waals surface area contributed by atoms with Crippen LogP contribution in [0, 0.1) is 0 Å². The number of ether oxygens (including phenoxy) is 1. The van der Waals surface area contributed by atoms with Crippen molar-refractivity contribution in [2.45, 2.75) is 25.8 Å². The Hall–Kier alpha value is -2.88. The Labute approximate surface area is 148 Å². The zero-order chi connectivity index (χ0) is 17.5. The average Bonchev–Trinajstić information content (AvgIpc) is 3.09. The van der Waals surface area contributed by atoms with Crippen LogP contribution < -0.4 is 0 Å². The molecule has 0 spiro atoms. The highest BCUT2D eigenvalue weighted by Crippen LogP contribution is 2.11. The third-order valence-corrected chi connectivity index (χ3v) is 4.24. The molecule has 0 atom stereocenters. The fourth-order valence-corrected chi connectivity index (χ4v) is 2.87. The van der Waals surface area contributed by atoms with E-state index in [1.165, 1.54) is 12.7 Å². The number of carbonyl (C=O) groups excluding carboxylic acids is 1. The molecule has 0 unspecified atom stereocenters. The summed E-state index contributed by atoms with van der Waals surface area (Å²) in [7, 11) is 1.39. The molecule has 0 aliphatic rings. The molecule has 1 aromatic heterocycles. The lowest BCUT2D eigenvalue weighted by atomic mass is 10.1. The first-order valence-electron chi connectivity index (χ1n) is 8.47. The number of esters is 1. The Bertz CT molecular complexity index is 807. The van der Waals surface area contributed by atoms with Crippen LogP contribution in [0.3, 0.4) is 0 Å². The molecule has 25 heavy (non-hydrogen) atoms. The molecule has 0 saturated heterocycles. The summed E-state index contributed by atoms with van der Waals surface area (Å²) in [5, 5.41) is 0. The smallest absolute Gasteiger partial charge is 0.337 e. The van der Waals surface area contributed by atoms with Crippen molar-refractivity contribution in [2.75, 3.05) is 7.11 Å². The van der Waals surface area contributed by atoms with Gasteiger partial charge in [-0.15, -0.1) is 0 Å². The minimum absolute atomic E-state index is 0.309. The number of methoxy groups -OCH3 is 1. The highest BCUT2D eigenvalue weighted by atomic mass is 16.5. The van der Waals surface area contributed by atoms with Crippen molar-refractivity contribution >= 4 is 5.97 Å². The quantitative estimate of drug-likeness (QED) is 0.616. The summed E-state index contributed by atoms with van der Waals surface area (Å²) >= 11 is 0. The predicted molar refractivity (Wildman–Crippen MR) is 97.6 cm³/mol. The topological polar surface area (TPSA) is 44.1 Å². The Kier molecular flexibility index (Phi) is 5.62. The first-order chi connectivity index (χ1) is 12.3. The van der Waals surface area contributed by atoms with Gasteiger partial charge in [-0.1, -0.05) is 42.5 Å². The third-order valence-electron chi connectivity index (χ3n) is 4.24. The van der Waals surface area contributed by atoms with Crippen LogP contribution in [0.4, 0.5) is 0 Å². The molecule has 4 nitrogen and oxygen atoms in total. The fraction of sp³-hybridized carbons (Fsp3) is 0.238. The van der Waals surface area contributed by atoms with Gasteiger partial charge in [0.25, 0.3) is 0 Å². The van der Waals surface area contributed by atoms with E-state index in [1.807, 2.05) is 30.6 Å². The van der Waals surface area contributed by atoms with E-state index in [0.29, 0.717) is 5.56 Å². The summed E-state index contributed by atoms with van der Waals surface area (Å²) in [6, 6.07) is 18.0. The fourth-order valence-electron chi connectivity index (χ4n) is 2.87. The largest absolute Gasteiger partial charge is 0.465 e. The van der Waals surface area contributed by atoms with E-state index in [1.54, 1.807) is 12.1 Å². The van der Waals surface area contributed by atoms with Gasteiger partial charge < -0.3 is 9.30 Å². The Morgan fingerprint density at radius 1 is 1.00 bits per heavy atom. The maximum atomic E-state index is 11.5. The van der Waals surface area contributed by atoms with E-state index < -0.39 is 0 Å². The molecule has 3 rings (SSSR count). The van der Waals surface area contributed by atoms with E-state index in [9.17, 15) is 4.79 Å². The van der Waals surface area contributed by atoms with Crippen molar-refractivity contribution in [1.82, 2.24) is 9.55 Å². The van der Waals surface area contributed by atoms with Crippen LogP contribution >= 0.6 is 0 Å². The molecule has 0 amide bonds. The number of aryl methyl sites for hydroxylation is 2. The van der Waals surface area contributed by atoms with Gasteiger partial charge in [-0.3, -0.25) is 0 Å². The molecule has 0 fully saturated rings. The Morgan fingerprint density at radius 3 is 2.48 bits per heavy atom. The lowest BCUT2D eigenvalue weighted by Gasteiger charge is -2.09. The van der Waals surface area contributed by atoms with Gasteiger partial charge in [0.15, 0.2) is 0 Å². The summed E-state index contributed by atoms with van der Waals surface area (Å²) in [5.41, 5.74) is 3.06. The number of hydrogen-bond acceptors (Lipinski definition) is 3. The normalized spacial score (nSPS) is 10.6. The van der Waals surface area contributed by atoms with Gasteiger partial charge in [0.1, 0.15) is 5.82 Å². The van der Waals surface area contributed by atoms with Crippen LogP contribution in [0.25, 0.3) is 0 Å². The summed E-state index contributed by atoms with van der Waals surface area (Å²) in [4.78, 5) is 16.0. The van der Waals surface area contributed by atoms with Gasteiger partial charge in [0.2, 0.25) is 0 Å². The molecule has 0 aliphatic heterocycles. The van der Waals surface area contributed by atoms with Crippen molar-refractivity contribution in [3.8, 4) is 0 Å². The molecular formula is C21H22N2O2. The highest BCUT2D eigenvalue weighted by molar-refractivity contribution is 5.89. The number of benzene rings is 2. The number of nitrogens with zero attached hydrogens (tertiary/aromatic N) is 2. The molecule has 1 heterocycles. The summed E-state index contributed by atoms with van der Waals surface area (Å²) in [6.45, 7) is 0.752. The second-order valence-electron chi connectivity index (χ2n) is 6.00. The van der Waals surface area contributed by atoms with Crippen LogP contribution in [0.15, 0.2) is 67.0 Å². The van der Waals surface area contributed by atoms with E-state index >= 15 is 0 Å². The molecule has 0 aliphatic carbocycles. The Balaban J connectivity index is 1.59. The van der Waals surface area contributed by atoms with E-state index in [2.05, 4.69) is 33.8 Å². The van der Waals surface area contributed by atoms with Gasteiger partial charge in [-0.05, 0) is 36.1 Å². The molecule has 0 N–H and O–H groups in total. The maximum absolute atomic E-state index is 11.5. The van der Waals surface area contributed by atoms with Gasteiger partial charge >= 0.3 is 5.97 Å². The van der Waals surface area contributed by atoms with E-state index in [0.717, 1.165) is 37.2 Å². The molecular weight excluding hydrogens is 312 g/mol. The Morgan fingerprint density at radius 2 is 1.76 bits per heavy atom. The predicted octanol–water partition coefficient (Wildman–Crippen LogP) is 3.89. The SMILES string of the molecule is COC(=O)c1ccc(Cn2ccnc2CCCc2ccccc2)cc1. The molecule has 128 valence electrons. The van der Waals surface area contributed by atoms with Crippen molar-refractivity contribution in [3.05, 3.63) is 89.5 Å².